The molecule has 0 radical (unpaired) electrons. The second-order valence-electron chi connectivity index (χ2n) is 4.90. The molecule has 0 bridgehead atoms. The Morgan fingerprint density at radius 3 is 2.48 bits per heavy atom. The van der Waals surface area contributed by atoms with Gasteiger partial charge in [-0.3, -0.25) is 0 Å². The Balaban J connectivity index is 1.84. The van der Waals surface area contributed by atoms with Crippen molar-refractivity contribution in [2.24, 2.45) is 0 Å². The minimum absolute atomic E-state index is 0.0729. The molecule has 1 N–H and O–H groups in total. The molecule has 1 aliphatic heterocycles. The summed E-state index contributed by atoms with van der Waals surface area (Å²) < 4.78 is 11.1. The maximum absolute atomic E-state index is 6.30. The average molecular weight is 324 g/mol. The van der Waals surface area contributed by atoms with Crippen LogP contribution in [0, 0.1) is 0 Å². The lowest BCUT2D eigenvalue weighted by Gasteiger charge is -2.22. The van der Waals surface area contributed by atoms with Crippen LogP contribution in [0.1, 0.15) is 18.5 Å². The topological polar surface area (TPSA) is 30.5 Å². The molecule has 3 nitrogen and oxygen atoms in total. The van der Waals surface area contributed by atoms with Crippen LogP contribution in [-0.2, 0) is 0 Å². The first-order valence-corrected chi connectivity index (χ1v) is 7.50. The molecule has 21 heavy (non-hydrogen) atoms. The largest absolute Gasteiger partial charge is 0.486 e. The fourth-order valence-corrected chi connectivity index (χ4v) is 2.67. The lowest BCUT2D eigenvalue weighted by molar-refractivity contribution is 0.171. The molecule has 0 saturated heterocycles. The first-order chi connectivity index (χ1) is 10.1. The maximum Gasteiger partial charge on any atom is 0.163 e. The van der Waals surface area contributed by atoms with Crippen molar-refractivity contribution >= 4 is 28.9 Å². The van der Waals surface area contributed by atoms with Crippen molar-refractivity contribution in [1.29, 1.82) is 0 Å². The van der Waals surface area contributed by atoms with Gasteiger partial charge in [-0.25, -0.2) is 0 Å². The highest BCUT2D eigenvalue weighted by atomic mass is 35.5. The van der Waals surface area contributed by atoms with Gasteiger partial charge in [0.15, 0.2) is 11.5 Å². The maximum atomic E-state index is 6.30. The summed E-state index contributed by atoms with van der Waals surface area (Å²) in [5, 5.41) is 4.70. The molecular weight excluding hydrogens is 309 g/mol. The van der Waals surface area contributed by atoms with Gasteiger partial charge in [-0.05, 0) is 24.6 Å². The van der Waals surface area contributed by atoms with Crippen LogP contribution in [0.5, 0.6) is 11.5 Å². The van der Waals surface area contributed by atoms with Crippen molar-refractivity contribution in [1.82, 2.24) is 0 Å². The smallest absolute Gasteiger partial charge is 0.163 e. The van der Waals surface area contributed by atoms with E-state index in [4.69, 9.17) is 32.7 Å². The van der Waals surface area contributed by atoms with E-state index in [1.807, 2.05) is 30.3 Å². The zero-order valence-corrected chi connectivity index (χ0v) is 13.0. The molecule has 3 rings (SSSR count). The monoisotopic (exact) mass is 323 g/mol. The van der Waals surface area contributed by atoms with Crippen LogP contribution in [0.25, 0.3) is 0 Å². The molecule has 2 aromatic rings. The van der Waals surface area contributed by atoms with Crippen LogP contribution < -0.4 is 14.8 Å². The highest BCUT2D eigenvalue weighted by Gasteiger charge is 2.16. The lowest BCUT2D eigenvalue weighted by Crippen LogP contribution is -2.16. The Kier molecular flexibility index (Phi) is 4.13. The normalized spacial score (nSPS) is 14.6. The molecule has 0 amide bonds. The molecule has 0 saturated carbocycles. The molecule has 1 aliphatic rings. The summed E-state index contributed by atoms with van der Waals surface area (Å²) in [5.41, 5.74) is 1.90. The third kappa shape index (κ3) is 3.20. The van der Waals surface area contributed by atoms with Crippen molar-refractivity contribution in [3.05, 3.63) is 52.0 Å². The molecule has 1 unspecified atom stereocenters. The van der Waals surface area contributed by atoms with Crippen LogP contribution in [-0.4, -0.2) is 13.2 Å². The SMILES string of the molecule is CC(Nc1cc2c(cc1Cl)OCCO2)c1cccc(Cl)c1. The highest BCUT2D eigenvalue weighted by Crippen LogP contribution is 2.39. The van der Waals surface area contributed by atoms with Gasteiger partial charge in [0.2, 0.25) is 0 Å². The summed E-state index contributed by atoms with van der Waals surface area (Å²) in [6.45, 7) is 3.16. The Hall–Kier alpha value is -1.58. The van der Waals surface area contributed by atoms with E-state index in [9.17, 15) is 0 Å². The van der Waals surface area contributed by atoms with Crippen molar-refractivity contribution < 1.29 is 9.47 Å². The first-order valence-electron chi connectivity index (χ1n) is 6.74. The van der Waals surface area contributed by atoms with Crippen molar-refractivity contribution in [3.63, 3.8) is 0 Å². The number of nitrogens with one attached hydrogen (secondary N) is 1. The standard InChI is InChI=1S/C16H15Cl2NO2/c1-10(11-3-2-4-12(17)7-11)19-14-9-16-15(8-13(14)18)20-5-6-21-16/h2-4,7-10,19H,5-6H2,1H3. The van der Waals surface area contributed by atoms with E-state index in [1.165, 1.54) is 0 Å². The third-order valence-electron chi connectivity index (χ3n) is 3.35. The number of fused-ring (bicyclic) bond motifs is 1. The number of benzene rings is 2. The van der Waals surface area contributed by atoms with Gasteiger partial charge in [-0.1, -0.05) is 35.3 Å². The fraction of sp³-hybridized carbons (Fsp3) is 0.250. The van der Waals surface area contributed by atoms with Gasteiger partial charge < -0.3 is 14.8 Å². The Morgan fingerprint density at radius 2 is 1.76 bits per heavy atom. The summed E-state index contributed by atoms with van der Waals surface area (Å²) in [4.78, 5) is 0. The summed E-state index contributed by atoms with van der Waals surface area (Å²) in [5.74, 6) is 1.40. The number of hydrogen-bond donors (Lipinski definition) is 1. The molecule has 110 valence electrons. The van der Waals surface area contributed by atoms with Gasteiger partial charge in [0.05, 0.1) is 10.7 Å². The second kappa shape index (κ2) is 6.04. The van der Waals surface area contributed by atoms with E-state index >= 15 is 0 Å². The van der Waals surface area contributed by atoms with Gasteiger partial charge in [-0.15, -0.1) is 0 Å². The number of hydrogen-bond acceptors (Lipinski definition) is 3. The van der Waals surface area contributed by atoms with Gasteiger partial charge >= 0.3 is 0 Å². The third-order valence-corrected chi connectivity index (χ3v) is 3.90. The summed E-state index contributed by atoms with van der Waals surface area (Å²) >= 11 is 12.3. The Bertz CT molecular complexity index is 661. The quantitative estimate of drug-likeness (QED) is 0.868. The number of rotatable bonds is 3. The van der Waals surface area contributed by atoms with E-state index < -0.39 is 0 Å². The molecule has 1 atom stereocenters. The summed E-state index contributed by atoms with van der Waals surface area (Å²) in [7, 11) is 0. The highest BCUT2D eigenvalue weighted by molar-refractivity contribution is 6.33. The van der Waals surface area contributed by atoms with Gasteiger partial charge in [0.1, 0.15) is 13.2 Å². The number of ether oxygens (including phenoxy) is 2. The van der Waals surface area contributed by atoms with E-state index in [2.05, 4.69) is 12.2 Å². The summed E-state index contributed by atoms with van der Waals surface area (Å²) in [6, 6.07) is 11.5. The zero-order chi connectivity index (χ0) is 14.8. The van der Waals surface area contributed by atoms with Crippen LogP contribution in [0.3, 0.4) is 0 Å². The molecule has 0 aromatic heterocycles. The van der Waals surface area contributed by atoms with E-state index in [0.717, 1.165) is 16.3 Å². The second-order valence-corrected chi connectivity index (χ2v) is 5.74. The van der Waals surface area contributed by atoms with Crippen molar-refractivity contribution in [2.75, 3.05) is 18.5 Å². The average Bonchev–Trinajstić information content (AvgIpc) is 2.48. The molecular formula is C16H15Cl2NO2. The van der Waals surface area contributed by atoms with E-state index in [0.29, 0.717) is 29.7 Å². The van der Waals surface area contributed by atoms with Crippen molar-refractivity contribution in [3.8, 4) is 11.5 Å². The number of anilines is 1. The molecule has 0 spiro atoms. The molecule has 5 heteroatoms. The predicted molar refractivity (Wildman–Crippen MR) is 85.9 cm³/mol. The van der Waals surface area contributed by atoms with E-state index in [1.54, 1.807) is 6.07 Å². The first kappa shape index (κ1) is 14.4. The minimum atomic E-state index is 0.0729. The van der Waals surface area contributed by atoms with Gasteiger partial charge in [0, 0.05) is 23.2 Å². The van der Waals surface area contributed by atoms with Crippen molar-refractivity contribution in [2.45, 2.75) is 13.0 Å². The Morgan fingerprint density at radius 1 is 1.05 bits per heavy atom. The molecule has 0 aliphatic carbocycles. The lowest BCUT2D eigenvalue weighted by atomic mass is 10.1. The van der Waals surface area contributed by atoms with Gasteiger partial charge in [-0.2, -0.15) is 0 Å². The minimum Gasteiger partial charge on any atom is -0.486 e. The molecule has 0 fully saturated rings. The fourth-order valence-electron chi connectivity index (χ4n) is 2.27. The summed E-state index contributed by atoms with van der Waals surface area (Å²) in [6.07, 6.45) is 0. The van der Waals surface area contributed by atoms with E-state index in [-0.39, 0.29) is 6.04 Å². The molecule has 1 heterocycles. The molecule has 2 aromatic carbocycles. The van der Waals surface area contributed by atoms with Crippen LogP contribution in [0.2, 0.25) is 10.0 Å². The zero-order valence-electron chi connectivity index (χ0n) is 11.5. The Labute approximate surface area is 133 Å². The number of halogens is 2. The van der Waals surface area contributed by atoms with Crippen LogP contribution in [0.15, 0.2) is 36.4 Å². The van der Waals surface area contributed by atoms with Crippen LogP contribution in [0.4, 0.5) is 5.69 Å². The van der Waals surface area contributed by atoms with Crippen LogP contribution >= 0.6 is 23.2 Å². The van der Waals surface area contributed by atoms with Gasteiger partial charge in [0.25, 0.3) is 0 Å². The predicted octanol–water partition coefficient (Wildman–Crippen LogP) is 4.94.